The van der Waals surface area contributed by atoms with Gasteiger partial charge in [0.05, 0.1) is 5.03 Å². The summed E-state index contributed by atoms with van der Waals surface area (Å²) in [6, 6.07) is 3.87. The predicted molar refractivity (Wildman–Crippen MR) is 52.6 cm³/mol. The van der Waals surface area contributed by atoms with Gasteiger partial charge in [-0.1, -0.05) is 0 Å². The summed E-state index contributed by atoms with van der Waals surface area (Å²) in [6.45, 7) is 1.95. The summed E-state index contributed by atoms with van der Waals surface area (Å²) in [4.78, 5) is 2.12. The number of rotatable bonds is 2. The molecular weight excluding hydrogens is 182 g/mol. The lowest BCUT2D eigenvalue weighted by Gasteiger charge is -2.19. The van der Waals surface area contributed by atoms with Gasteiger partial charge in [0.25, 0.3) is 0 Å². The van der Waals surface area contributed by atoms with E-state index in [1.807, 2.05) is 18.4 Å². The van der Waals surface area contributed by atoms with Crippen LogP contribution in [0, 0.1) is 22.7 Å². The second-order valence-corrected chi connectivity index (χ2v) is 3.60. The fraction of sp³-hybridized carbons (Fsp3) is 0.556. The number of nitriles is 2. The Bertz CT molecular complexity index is 273. The topological polar surface area (TPSA) is 50.8 Å². The van der Waals surface area contributed by atoms with Gasteiger partial charge in [-0.3, -0.25) is 0 Å². The van der Waals surface area contributed by atoms with Crippen LogP contribution in [0.2, 0.25) is 0 Å². The molecule has 0 spiro atoms. The highest BCUT2D eigenvalue weighted by Crippen LogP contribution is 2.25. The predicted octanol–water partition coefficient (Wildman–Crippen LogP) is 1.70. The number of likely N-dealkylation sites (tertiary alicyclic amines) is 1. The van der Waals surface area contributed by atoms with Gasteiger partial charge in [0.15, 0.2) is 5.57 Å². The van der Waals surface area contributed by atoms with Crippen molar-refractivity contribution in [1.29, 1.82) is 10.5 Å². The van der Waals surface area contributed by atoms with Gasteiger partial charge in [-0.15, -0.1) is 11.8 Å². The Balaban J connectivity index is 2.89. The third-order valence-corrected chi connectivity index (χ3v) is 2.87. The molecule has 0 aromatic rings. The molecule has 3 nitrogen and oxygen atoms in total. The molecule has 0 radical (unpaired) electrons. The summed E-state index contributed by atoms with van der Waals surface area (Å²) in [5.41, 5.74) is 0.245. The van der Waals surface area contributed by atoms with Crippen LogP contribution in [0.4, 0.5) is 0 Å². The molecule has 0 unspecified atom stereocenters. The first-order valence-corrected chi connectivity index (χ1v) is 5.39. The molecule has 1 rings (SSSR count). The van der Waals surface area contributed by atoms with Gasteiger partial charge in [0.2, 0.25) is 0 Å². The van der Waals surface area contributed by atoms with Gasteiger partial charge < -0.3 is 4.90 Å². The van der Waals surface area contributed by atoms with Crippen molar-refractivity contribution >= 4 is 11.8 Å². The molecular formula is C9H11N3S. The van der Waals surface area contributed by atoms with Crippen molar-refractivity contribution in [3.63, 3.8) is 0 Å². The van der Waals surface area contributed by atoms with Crippen LogP contribution in [0.3, 0.4) is 0 Å². The molecule has 0 saturated carbocycles. The molecule has 0 aliphatic carbocycles. The molecule has 0 aromatic heterocycles. The zero-order chi connectivity index (χ0) is 9.68. The van der Waals surface area contributed by atoms with Crippen molar-refractivity contribution in [3.05, 3.63) is 10.6 Å². The highest BCUT2D eigenvalue weighted by atomic mass is 32.2. The number of allylic oxidation sites excluding steroid dienone is 1. The Morgan fingerprint density at radius 1 is 1.23 bits per heavy atom. The van der Waals surface area contributed by atoms with Gasteiger partial charge in [-0.05, 0) is 19.1 Å². The van der Waals surface area contributed by atoms with Gasteiger partial charge in [-0.25, -0.2) is 0 Å². The lowest BCUT2D eigenvalue weighted by molar-refractivity contribution is 0.455. The average Bonchev–Trinajstić information content (AvgIpc) is 2.66. The van der Waals surface area contributed by atoms with E-state index in [0.29, 0.717) is 0 Å². The molecule has 0 N–H and O–H groups in total. The maximum absolute atomic E-state index is 8.72. The van der Waals surface area contributed by atoms with E-state index in [-0.39, 0.29) is 5.57 Å². The fourth-order valence-electron chi connectivity index (χ4n) is 1.43. The van der Waals surface area contributed by atoms with Crippen molar-refractivity contribution in [3.8, 4) is 12.1 Å². The molecule has 0 amide bonds. The number of hydrogen-bond acceptors (Lipinski definition) is 4. The number of nitrogens with zero attached hydrogens (tertiary/aromatic N) is 3. The highest BCUT2D eigenvalue weighted by molar-refractivity contribution is 8.02. The van der Waals surface area contributed by atoms with E-state index < -0.39 is 0 Å². The van der Waals surface area contributed by atoms with E-state index in [0.717, 1.165) is 31.0 Å². The van der Waals surface area contributed by atoms with E-state index in [9.17, 15) is 0 Å². The highest BCUT2D eigenvalue weighted by Gasteiger charge is 2.17. The SMILES string of the molecule is CSC(=C(C#N)C#N)N1CCCC1. The molecule has 4 heteroatoms. The third-order valence-electron chi connectivity index (χ3n) is 2.02. The van der Waals surface area contributed by atoms with Gasteiger partial charge >= 0.3 is 0 Å². The van der Waals surface area contributed by atoms with Crippen molar-refractivity contribution in [2.24, 2.45) is 0 Å². The molecule has 1 fully saturated rings. The quantitative estimate of drug-likeness (QED) is 0.626. The average molecular weight is 193 g/mol. The summed E-state index contributed by atoms with van der Waals surface area (Å²) in [6.07, 6.45) is 4.23. The first-order chi connectivity index (χ1) is 6.33. The standard InChI is InChI=1S/C9H11N3S/c1-13-9(8(6-10)7-11)12-4-2-3-5-12/h2-5H2,1H3. The molecule has 1 aliphatic heterocycles. The molecule has 1 heterocycles. The van der Waals surface area contributed by atoms with Crippen LogP contribution in [0.15, 0.2) is 10.6 Å². The van der Waals surface area contributed by atoms with Crippen LogP contribution in [-0.2, 0) is 0 Å². The van der Waals surface area contributed by atoms with Gasteiger partial charge in [0.1, 0.15) is 12.1 Å². The van der Waals surface area contributed by atoms with Crippen LogP contribution >= 0.6 is 11.8 Å². The van der Waals surface area contributed by atoms with Crippen LogP contribution in [-0.4, -0.2) is 24.2 Å². The minimum atomic E-state index is 0.245. The molecule has 68 valence electrons. The first kappa shape index (κ1) is 9.95. The molecule has 0 bridgehead atoms. The molecule has 0 aromatic carbocycles. The van der Waals surface area contributed by atoms with E-state index in [1.165, 1.54) is 11.8 Å². The Hall–Kier alpha value is -1.13. The number of thioether (sulfide) groups is 1. The Kier molecular flexibility index (Phi) is 3.67. The van der Waals surface area contributed by atoms with Crippen LogP contribution in [0.5, 0.6) is 0 Å². The van der Waals surface area contributed by atoms with Crippen molar-refractivity contribution in [2.45, 2.75) is 12.8 Å². The maximum Gasteiger partial charge on any atom is 0.159 e. The Morgan fingerprint density at radius 2 is 1.77 bits per heavy atom. The summed E-state index contributed by atoms with van der Waals surface area (Å²) in [5.74, 6) is 0. The van der Waals surface area contributed by atoms with Gasteiger partial charge in [0, 0.05) is 13.1 Å². The Labute approximate surface area is 82.6 Å². The van der Waals surface area contributed by atoms with E-state index in [2.05, 4.69) is 4.90 Å². The van der Waals surface area contributed by atoms with Crippen molar-refractivity contribution in [1.82, 2.24) is 4.90 Å². The molecule has 13 heavy (non-hydrogen) atoms. The van der Waals surface area contributed by atoms with Crippen molar-refractivity contribution in [2.75, 3.05) is 19.3 Å². The zero-order valence-electron chi connectivity index (χ0n) is 7.58. The lowest BCUT2D eigenvalue weighted by atomic mass is 10.3. The normalized spacial score (nSPS) is 14.8. The number of hydrogen-bond donors (Lipinski definition) is 0. The van der Waals surface area contributed by atoms with E-state index in [4.69, 9.17) is 10.5 Å². The smallest absolute Gasteiger partial charge is 0.159 e. The second kappa shape index (κ2) is 4.79. The molecule has 0 atom stereocenters. The summed E-state index contributed by atoms with van der Waals surface area (Å²) in [5, 5.41) is 18.3. The maximum atomic E-state index is 8.72. The zero-order valence-corrected chi connectivity index (χ0v) is 8.39. The minimum absolute atomic E-state index is 0.245. The third kappa shape index (κ3) is 2.17. The summed E-state index contributed by atoms with van der Waals surface area (Å²) < 4.78 is 0. The Morgan fingerprint density at radius 3 is 2.15 bits per heavy atom. The minimum Gasteiger partial charge on any atom is -0.365 e. The first-order valence-electron chi connectivity index (χ1n) is 4.17. The largest absolute Gasteiger partial charge is 0.365 e. The summed E-state index contributed by atoms with van der Waals surface area (Å²) in [7, 11) is 0. The lowest BCUT2D eigenvalue weighted by Crippen LogP contribution is -2.17. The molecule has 1 saturated heterocycles. The van der Waals surface area contributed by atoms with Crippen molar-refractivity contribution < 1.29 is 0 Å². The fourth-order valence-corrected chi connectivity index (χ4v) is 2.17. The monoisotopic (exact) mass is 193 g/mol. The van der Waals surface area contributed by atoms with Crippen LogP contribution in [0.25, 0.3) is 0 Å². The second-order valence-electron chi connectivity index (χ2n) is 2.80. The van der Waals surface area contributed by atoms with Crippen LogP contribution in [0.1, 0.15) is 12.8 Å². The molecule has 1 aliphatic rings. The summed E-state index contributed by atoms with van der Waals surface area (Å²) >= 11 is 1.48. The van der Waals surface area contributed by atoms with Crippen LogP contribution < -0.4 is 0 Å². The van der Waals surface area contributed by atoms with Gasteiger partial charge in [-0.2, -0.15) is 10.5 Å². The van der Waals surface area contributed by atoms with E-state index >= 15 is 0 Å². The van der Waals surface area contributed by atoms with E-state index in [1.54, 1.807) is 0 Å².